The molecule has 1 atom stereocenters. The van der Waals surface area contributed by atoms with Gasteiger partial charge in [0.1, 0.15) is 11.3 Å². The number of hydrogen-bond acceptors (Lipinski definition) is 5. The van der Waals surface area contributed by atoms with Crippen molar-refractivity contribution < 1.29 is 19.6 Å². The Hall–Kier alpha value is -2.64. The number of para-hydroxylation sites is 1. The molecule has 0 aliphatic carbocycles. The first-order valence-electron chi connectivity index (χ1n) is 6.32. The second-order valence-electron chi connectivity index (χ2n) is 5.33. The molecule has 0 aromatic heterocycles. The highest BCUT2D eigenvalue weighted by atomic mass is 16.6. The van der Waals surface area contributed by atoms with E-state index in [-0.39, 0.29) is 17.8 Å². The number of carboxylic acids is 1. The maximum Gasteiger partial charge on any atom is 0.342 e. The number of carbonyl (C=O) groups is 2. The summed E-state index contributed by atoms with van der Waals surface area (Å²) < 4.78 is 0. The molecule has 2 rings (SSSR count). The number of nitro groups is 1. The van der Waals surface area contributed by atoms with Gasteiger partial charge >= 0.3 is 11.7 Å². The zero-order chi connectivity index (χ0) is 15.8. The van der Waals surface area contributed by atoms with E-state index in [1.54, 1.807) is 11.8 Å². The summed E-state index contributed by atoms with van der Waals surface area (Å²) in [5.74, 6) is -1.83. The van der Waals surface area contributed by atoms with E-state index in [0.29, 0.717) is 13.0 Å². The van der Waals surface area contributed by atoms with Gasteiger partial charge in [-0.2, -0.15) is 0 Å². The van der Waals surface area contributed by atoms with Crippen LogP contribution in [-0.4, -0.2) is 35.0 Å². The lowest BCUT2D eigenvalue weighted by Gasteiger charge is -2.22. The minimum atomic E-state index is -1.36. The van der Waals surface area contributed by atoms with Crippen molar-refractivity contribution in [2.45, 2.75) is 13.3 Å². The Balaban J connectivity index is 2.46. The molecule has 21 heavy (non-hydrogen) atoms. The SMILES string of the molecule is CC1(C(N)=O)CCN(c2cccc(C(=O)O)c2[N+](=O)[O-])C1. The average Bonchev–Trinajstić information content (AvgIpc) is 2.81. The third-order valence-electron chi connectivity index (χ3n) is 3.84. The number of aromatic carboxylic acids is 1. The van der Waals surface area contributed by atoms with Gasteiger partial charge in [-0.25, -0.2) is 4.79 Å². The summed E-state index contributed by atoms with van der Waals surface area (Å²) >= 11 is 0. The van der Waals surface area contributed by atoms with Crippen molar-refractivity contribution >= 4 is 23.3 Å². The number of nitrogens with two attached hydrogens (primary N) is 1. The fraction of sp³-hybridized carbons (Fsp3) is 0.385. The number of carboxylic acid groups (broad SMARTS) is 1. The Bertz CT molecular complexity index is 630. The van der Waals surface area contributed by atoms with Crippen LogP contribution in [0.1, 0.15) is 23.7 Å². The fourth-order valence-corrected chi connectivity index (χ4v) is 2.52. The first kappa shape index (κ1) is 14.8. The molecule has 3 N–H and O–H groups in total. The van der Waals surface area contributed by atoms with Gasteiger partial charge in [-0.15, -0.1) is 0 Å². The van der Waals surface area contributed by atoms with Gasteiger partial charge in [0, 0.05) is 13.1 Å². The highest BCUT2D eigenvalue weighted by Gasteiger charge is 2.41. The maximum absolute atomic E-state index is 11.5. The third kappa shape index (κ3) is 2.51. The van der Waals surface area contributed by atoms with E-state index in [1.165, 1.54) is 18.2 Å². The normalized spacial score (nSPS) is 21.3. The molecular weight excluding hydrogens is 278 g/mol. The van der Waals surface area contributed by atoms with Crippen LogP contribution in [0.3, 0.4) is 0 Å². The summed E-state index contributed by atoms with van der Waals surface area (Å²) in [4.78, 5) is 34.7. The van der Waals surface area contributed by atoms with Gasteiger partial charge in [0.15, 0.2) is 0 Å². The molecule has 1 amide bonds. The van der Waals surface area contributed by atoms with E-state index in [9.17, 15) is 19.7 Å². The zero-order valence-corrected chi connectivity index (χ0v) is 11.4. The summed E-state index contributed by atoms with van der Waals surface area (Å²) in [6.07, 6.45) is 0.469. The molecular formula is C13H15N3O5. The minimum Gasteiger partial charge on any atom is -0.477 e. The van der Waals surface area contributed by atoms with Gasteiger partial charge in [0.25, 0.3) is 0 Å². The molecule has 0 saturated carbocycles. The van der Waals surface area contributed by atoms with Gasteiger partial charge in [0.2, 0.25) is 5.91 Å². The summed E-state index contributed by atoms with van der Waals surface area (Å²) in [7, 11) is 0. The highest BCUT2D eigenvalue weighted by molar-refractivity contribution is 5.95. The Labute approximate surface area is 120 Å². The molecule has 8 heteroatoms. The molecule has 1 saturated heterocycles. The molecule has 0 radical (unpaired) electrons. The number of anilines is 1. The molecule has 1 fully saturated rings. The molecule has 0 bridgehead atoms. The van der Waals surface area contributed by atoms with Crippen LogP contribution in [0, 0.1) is 15.5 Å². The number of rotatable bonds is 4. The van der Waals surface area contributed by atoms with E-state index >= 15 is 0 Å². The minimum absolute atomic E-state index is 0.199. The van der Waals surface area contributed by atoms with Crippen molar-refractivity contribution in [3.05, 3.63) is 33.9 Å². The predicted octanol–water partition coefficient (Wildman–Crippen LogP) is 0.995. The smallest absolute Gasteiger partial charge is 0.342 e. The summed E-state index contributed by atoms with van der Waals surface area (Å²) in [5, 5.41) is 20.3. The molecule has 8 nitrogen and oxygen atoms in total. The lowest BCUT2D eigenvalue weighted by Crippen LogP contribution is -2.37. The van der Waals surface area contributed by atoms with Gasteiger partial charge in [0.05, 0.1) is 10.3 Å². The Kier molecular flexibility index (Phi) is 3.54. The molecule has 1 aliphatic heterocycles. The van der Waals surface area contributed by atoms with Crippen LogP contribution in [0.5, 0.6) is 0 Å². The fourth-order valence-electron chi connectivity index (χ4n) is 2.52. The number of carbonyl (C=O) groups excluding carboxylic acids is 1. The lowest BCUT2D eigenvalue weighted by atomic mass is 9.89. The van der Waals surface area contributed by atoms with Gasteiger partial charge in [-0.05, 0) is 25.5 Å². The van der Waals surface area contributed by atoms with Crippen molar-refractivity contribution in [1.82, 2.24) is 0 Å². The maximum atomic E-state index is 11.5. The van der Waals surface area contributed by atoms with Gasteiger partial charge in [-0.3, -0.25) is 14.9 Å². The number of hydrogen-bond donors (Lipinski definition) is 2. The first-order chi connectivity index (χ1) is 9.76. The van der Waals surface area contributed by atoms with Crippen LogP contribution in [0.25, 0.3) is 0 Å². The quantitative estimate of drug-likeness (QED) is 0.629. The van der Waals surface area contributed by atoms with Crippen LogP contribution in [0.4, 0.5) is 11.4 Å². The number of amides is 1. The molecule has 1 heterocycles. The standard InChI is InChI=1S/C13H15N3O5/c1-13(12(14)19)5-6-15(7-13)9-4-2-3-8(11(17)18)10(9)16(20)21/h2-4H,5-7H2,1H3,(H2,14,19)(H,17,18). The van der Waals surface area contributed by atoms with Crippen LogP contribution in [0.15, 0.2) is 18.2 Å². The van der Waals surface area contributed by atoms with Gasteiger partial charge < -0.3 is 15.7 Å². The largest absolute Gasteiger partial charge is 0.477 e. The average molecular weight is 293 g/mol. The van der Waals surface area contributed by atoms with Gasteiger partial charge in [-0.1, -0.05) is 6.07 Å². The first-order valence-corrected chi connectivity index (χ1v) is 6.32. The van der Waals surface area contributed by atoms with Crippen molar-refractivity contribution in [2.75, 3.05) is 18.0 Å². The molecule has 0 spiro atoms. The van der Waals surface area contributed by atoms with Crippen LogP contribution >= 0.6 is 0 Å². The van der Waals surface area contributed by atoms with Crippen molar-refractivity contribution in [3.63, 3.8) is 0 Å². The molecule has 1 aromatic carbocycles. The number of nitro benzene ring substituents is 1. The van der Waals surface area contributed by atoms with E-state index < -0.39 is 27.9 Å². The number of primary amides is 1. The zero-order valence-electron chi connectivity index (χ0n) is 11.4. The second-order valence-corrected chi connectivity index (χ2v) is 5.33. The predicted molar refractivity (Wildman–Crippen MR) is 74.2 cm³/mol. The number of nitrogens with zero attached hydrogens (tertiary/aromatic N) is 2. The Morgan fingerprint density at radius 2 is 2.14 bits per heavy atom. The number of benzene rings is 1. The van der Waals surface area contributed by atoms with Crippen LogP contribution in [-0.2, 0) is 4.79 Å². The molecule has 1 unspecified atom stereocenters. The van der Waals surface area contributed by atoms with Crippen LogP contribution in [0.2, 0.25) is 0 Å². The van der Waals surface area contributed by atoms with Crippen molar-refractivity contribution in [3.8, 4) is 0 Å². The van der Waals surface area contributed by atoms with E-state index in [0.717, 1.165) is 0 Å². The van der Waals surface area contributed by atoms with Crippen molar-refractivity contribution in [2.24, 2.45) is 11.1 Å². The summed E-state index contributed by atoms with van der Waals surface area (Å²) in [6, 6.07) is 4.12. The highest BCUT2D eigenvalue weighted by Crippen LogP contribution is 2.38. The summed E-state index contributed by atoms with van der Waals surface area (Å²) in [5.41, 5.74) is 3.95. The third-order valence-corrected chi connectivity index (χ3v) is 3.84. The Morgan fingerprint density at radius 3 is 2.62 bits per heavy atom. The van der Waals surface area contributed by atoms with E-state index in [4.69, 9.17) is 10.8 Å². The van der Waals surface area contributed by atoms with E-state index in [1.807, 2.05) is 0 Å². The topological polar surface area (TPSA) is 127 Å². The molecule has 112 valence electrons. The van der Waals surface area contributed by atoms with Crippen molar-refractivity contribution in [1.29, 1.82) is 0 Å². The summed E-state index contributed by atoms with van der Waals surface area (Å²) in [6.45, 7) is 2.33. The second kappa shape index (κ2) is 5.04. The monoisotopic (exact) mass is 293 g/mol. The van der Waals surface area contributed by atoms with Crippen LogP contribution < -0.4 is 10.6 Å². The Morgan fingerprint density at radius 1 is 1.48 bits per heavy atom. The van der Waals surface area contributed by atoms with E-state index in [2.05, 4.69) is 0 Å². The lowest BCUT2D eigenvalue weighted by molar-refractivity contribution is -0.384. The molecule has 1 aromatic rings. The molecule has 1 aliphatic rings.